The first-order chi connectivity index (χ1) is 9.36. The van der Waals surface area contributed by atoms with Crippen LogP contribution in [0.5, 0.6) is 0 Å². The van der Waals surface area contributed by atoms with E-state index in [2.05, 4.69) is 41.4 Å². The number of aliphatic imine (C=N–C) groups is 1. The third kappa shape index (κ3) is 5.21. The van der Waals surface area contributed by atoms with Gasteiger partial charge in [0.25, 0.3) is 0 Å². The summed E-state index contributed by atoms with van der Waals surface area (Å²) < 4.78 is 10.8. The Morgan fingerprint density at radius 3 is 2.70 bits per heavy atom. The van der Waals surface area contributed by atoms with Crippen LogP contribution in [0, 0.1) is 0 Å². The number of rotatable bonds is 5. The fourth-order valence-electron chi connectivity index (χ4n) is 1.62. The third-order valence-corrected chi connectivity index (χ3v) is 2.72. The van der Waals surface area contributed by atoms with Crippen molar-refractivity contribution in [3.63, 3.8) is 0 Å². The lowest BCUT2D eigenvalue weighted by Gasteiger charge is -2.16. The SMILES string of the molecule is CN=C(NCc1ncc(C(C)(C)C)o1)NC(C)COC. The molecule has 1 rings (SSSR count). The Morgan fingerprint density at radius 2 is 2.20 bits per heavy atom. The molecule has 2 N–H and O–H groups in total. The van der Waals surface area contributed by atoms with Crippen molar-refractivity contribution in [3.05, 3.63) is 17.8 Å². The van der Waals surface area contributed by atoms with Gasteiger partial charge in [0.15, 0.2) is 5.96 Å². The minimum atomic E-state index is -0.0296. The van der Waals surface area contributed by atoms with Gasteiger partial charge in [-0.2, -0.15) is 0 Å². The number of hydrogen-bond acceptors (Lipinski definition) is 4. The van der Waals surface area contributed by atoms with E-state index >= 15 is 0 Å². The van der Waals surface area contributed by atoms with E-state index in [0.717, 1.165) is 5.76 Å². The standard InChI is InChI=1S/C14H26N4O2/c1-10(9-19-6)18-13(15-5)17-8-12-16-7-11(20-12)14(2,3)4/h7,10H,8-9H2,1-6H3,(H2,15,17,18). The molecule has 1 unspecified atom stereocenters. The molecule has 114 valence electrons. The van der Waals surface area contributed by atoms with E-state index in [0.29, 0.717) is 25.0 Å². The summed E-state index contributed by atoms with van der Waals surface area (Å²) in [5.74, 6) is 2.23. The second-order valence-electron chi connectivity index (χ2n) is 5.79. The van der Waals surface area contributed by atoms with Gasteiger partial charge in [-0.3, -0.25) is 4.99 Å². The largest absolute Gasteiger partial charge is 0.443 e. The highest BCUT2D eigenvalue weighted by Gasteiger charge is 2.19. The van der Waals surface area contributed by atoms with E-state index in [9.17, 15) is 0 Å². The molecule has 1 aromatic heterocycles. The number of hydrogen-bond donors (Lipinski definition) is 2. The molecule has 0 spiro atoms. The molecule has 0 aliphatic carbocycles. The van der Waals surface area contributed by atoms with E-state index in [1.54, 1.807) is 20.4 Å². The summed E-state index contributed by atoms with van der Waals surface area (Å²) in [6, 6.07) is 0.181. The second-order valence-corrected chi connectivity index (χ2v) is 5.79. The molecular weight excluding hydrogens is 256 g/mol. The molecule has 1 atom stereocenters. The van der Waals surface area contributed by atoms with Gasteiger partial charge in [0.1, 0.15) is 5.76 Å². The highest BCUT2D eigenvalue weighted by atomic mass is 16.5. The van der Waals surface area contributed by atoms with Crippen molar-refractivity contribution in [2.45, 2.75) is 45.7 Å². The maximum atomic E-state index is 5.71. The lowest BCUT2D eigenvalue weighted by atomic mass is 9.94. The van der Waals surface area contributed by atoms with Crippen LogP contribution in [0.2, 0.25) is 0 Å². The van der Waals surface area contributed by atoms with Crippen molar-refractivity contribution < 1.29 is 9.15 Å². The third-order valence-electron chi connectivity index (χ3n) is 2.72. The summed E-state index contributed by atoms with van der Waals surface area (Å²) in [6.45, 7) is 9.43. The van der Waals surface area contributed by atoms with Crippen molar-refractivity contribution in [2.24, 2.45) is 4.99 Å². The van der Waals surface area contributed by atoms with Crippen molar-refractivity contribution in [3.8, 4) is 0 Å². The molecule has 1 aromatic rings. The quantitative estimate of drug-likeness (QED) is 0.635. The molecule has 0 aromatic carbocycles. The van der Waals surface area contributed by atoms with Crippen LogP contribution < -0.4 is 10.6 Å². The first kappa shape index (κ1) is 16.5. The molecule has 0 fully saturated rings. The van der Waals surface area contributed by atoms with Gasteiger partial charge in [-0.25, -0.2) is 4.98 Å². The second kappa shape index (κ2) is 7.28. The Morgan fingerprint density at radius 1 is 1.50 bits per heavy atom. The maximum absolute atomic E-state index is 5.71. The summed E-state index contributed by atoms with van der Waals surface area (Å²) in [4.78, 5) is 8.42. The Labute approximate surface area is 121 Å². The average molecular weight is 282 g/mol. The monoisotopic (exact) mass is 282 g/mol. The summed E-state index contributed by atoms with van der Waals surface area (Å²) in [5, 5.41) is 6.39. The number of ether oxygens (including phenoxy) is 1. The van der Waals surface area contributed by atoms with Crippen molar-refractivity contribution in [1.82, 2.24) is 15.6 Å². The van der Waals surface area contributed by atoms with Crippen LogP contribution in [0.1, 0.15) is 39.3 Å². The first-order valence-electron chi connectivity index (χ1n) is 6.78. The Hall–Kier alpha value is -1.56. The molecule has 0 aliphatic rings. The zero-order valence-corrected chi connectivity index (χ0v) is 13.3. The maximum Gasteiger partial charge on any atom is 0.213 e. The number of aromatic nitrogens is 1. The normalized spacial score (nSPS) is 14.2. The molecular formula is C14H26N4O2. The summed E-state index contributed by atoms with van der Waals surface area (Å²) in [7, 11) is 3.40. The van der Waals surface area contributed by atoms with Crippen molar-refractivity contribution in [2.75, 3.05) is 20.8 Å². The predicted octanol–water partition coefficient (Wildman–Crippen LogP) is 1.67. The molecule has 1 heterocycles. The van der Waals surface area contributed by atoms with Crippen LogP contribution in [0.4, 0.5) is 0 Å². The summed E-state index contributed by atoms with van der Waals surface area (Å²) in [5.41, 5.74) is -0.0296. The van der Waals surface area contributed by atoms with Crippen LogP contribution in [0.3, 0.4) is 0 Å². The highest BCUT2D eigenvalue weighted by molar-refractivity contribution is 5.79. The fourth-order valence-corrected chi connectivity index (χ4v) is 1.62. The number of nitrogens with one attached hydrogen (secondary N) is 2. The molecule has 0 saturated heterocycles. The minimum Gasteiger partial charge on any atom is -0.443 e. The van der Waals surface area contributed by atoms with Crippen LogP contribution >= 0.6 is 0 Å². The molecule has 0 bridgehead atoms. The topological polar surface area (TPSA) is 71.7 Å². The lowest BCUT2D eigenvalue weighted by Crippen LogP contribution is -2.43. The number of guanidine groups is 1. The van der Waals surface area contributed by atoms with E-state index in [1.165, 1.54) is 0 Å². The van der Waals surface area contributed by atoms with Crippen LogP contribution in [0.25, 0.3) is 0 Å². The van der Waals surface area contributed by atoms with Gasteiger partial charge in [-0.15, -0.1) is 0 Å². The molecule has 6 heteroatoms. The fraction of sp³-hybridized carbons (Fsp3) is 0.714. The molecule has 0 aliphatic heterocycles. The average Bonchev–Trinajstić information content (AvgIpc) is 2.83. The van der Waals surface area contributed by atoms with Gasteiger partial charge >= 0.3 is 0 Å². The van der Waals surface area contributed by atoms with E-state index in [-0.39, 0.29) is 11.5 Å². The molecule has 0 radical (unpaired) electrons. The van der Waals surface area contributed by atoms with E-state index in [4.69, 9.17) is 9.15 Å². The molecule has 6 nitrogen and oxygen atoms in total. The Bertz CT molecular complexity index is 435. The Balaban J connectivity index is 2.51. The van der Waals surface area contributed by atoms with Gasteiger partial charge in [0.05, 0.1) is 19.3 Å². The summed E-state index contributed by atoms with van der Waals surface area (Å²) in [6.07, 6.45) is 1.78. The van der Waals surface area contributed by atoms with E-state index < -0.39 is 0 Å². The smallest absolute Gasteiger partial charge is 0.213 e. The summed E-state index contributed by atoms with van der Waals surface area (Å²) >= 11 is 0. The molecule has 0 saturated carbocycles. The number of nitrogens with zero attached hydrogens (tertiary/aromatic N) is 2. The van der Waals surface area contributed by atoms with Gasteiger partial charge in [0.2, 0.25) is 5.89 Å². The van der Waals surface area contributed by atoms with Crippen molar-refractivity contribution in [1.29, 1.82) is 0 Å². The zero-order chi connectivity index (χ0) is 15.2. The number of oxazole rings is 1. The first-order valence-corrected chi connectivity index (χ1v) is 6.78. The zero-order valence-electron chi connectivity index (χ0n) is 13.3. The lowest BCUT2D eigenvalue weighted by molar-refractivity contribution is 0.179. The molecule has 0 amide bonds. The van der Waals surface area contributed by atoms with Crippen LogP contribution in [0.15, 0.2) is 15.6 Å². The predicted molar refractivity (Wildman–Crippen MR) is 79.9 cm³/mol. The Kier molecular flexibility index (Phi) is 6.01. The van der Waals surface area contributed by atoms with Gasteiger partial charge in [0, 0.05) is 25.6 Å². The van der Waals surface area contributed by atoms with Crippen molar-refractivity contribution >= 4 is 5.96 Å². The van der Waals surface area contributed by atoms with Gasteiger partial charge in [-0.05, 0) is 6.92 Å². The van der Waals surface area contributed by atoms with Crippen LogP contribution in [-0.2, 0) is 16.7 Å². The highest BCUT2D eigenvalue weighted by Crippen LogP contribution is 2.22. The van der Waals surface area contributed by atoms with Crippen LogP contribution in [-0.4, -0.2) is 37.7 Å². The molecule has 20 heavy (non-hydrogen) atoms. The van der Waals surface area contributed by atoms with E-state index in [1.807, 2.05) is 6.92 Å². The minimum absolute atomic E-state index is 0.0296. The number of methoxy groups -OCH3 is 1. The van der Waals surface area contributed by atoms with Gasteiger partial charge in [-0.1, -0.05) is 20.8 Å². The van der Waals surface area contributed by atoms with Gasteiger partial charge < -0.3 is 19.8 Å².